The van der Waals surface area contributed by atoms with Gasteiger partial charge in [-0.2, -0.15) is 0 Å². The number of hydrogen-bond donors (Lipinski definition) is 5. The standard InChI is InChI=1S/C10H17NO6/c1-4(2)9(15)11-3-5-6(12)7(13)8(14)10(16)17-5/h5-8,10,12-14,16H,1,3H2,2H3,(H,11,15). The van der Waals surface area contributed by atoms with Crippen LogP contribution in [-0.2, 0) is 9.53 Å². The predicted octanol–water partition coefficient (Wildman–Crippen LogP) is -2.52. The van der Waals surface area contributed by atoms with Crippen LogP contribution in [0.2, 0.25) is 0 Å². The lowest BCUT2D eigenvalue weighted by atomic mass is 9.99. The first-order valence-corrected chi connectivity index (χ1v) is 5.16. The largest absolute Gasteiger partial charge is 0.388 e. The number of ether oxygens (including phenoxy) is 1. The maximum Gasteiger partial charge on any atom is 0.246 e. The lowest BCUT2D eigenvalue weighted by Crippen LogP contribution is -2.60. The van der Waals surface area contributed by atoms with Crippen LogP contribution in [0.25, 0.3) is 0 Å². The summed E-state index contributed by atoms with van der Waals surface area (Å²) in [5.74, 6) is -0.420. The summed E-state index contributed by atoms with van der Waals surface area (Å²) in [6.45, 7) is 4.84. The Balaban J connectivity index is 2.54. The molecule has 5 N–H and O–H groups in total. The molecule has 0 aromatic heterocycles. The van der Waals surface area contributed by atoms with Crippen molar-refractivity contribution >= 4 is 5.91 Å². The molecule has 0 spiro atoms. The Labute approximate surface area is 98.3 Å². The fourth-order valence-corrected chi connectivity index (χ4v) is 1.44. The van der Waals surface area contributed by atoms with Crippen LogP contribution in [0, 0.1) is 0 Å². The van der Waals surface area contributed by atoms with Crippen molar-refractivity contribution in [2.75, 3.05) is 6.54 Å². The number of rotatable bonds is 3. The lowest BCUT2D eigenvalue weighted by Gasteiger charge is -2.38. The van der Waals surface area contributed by atoms with Crippen molar-refractivity contribution in [2.24, 2.45) is 0 Å². The Bertz CT molecular complexity index is 307. The van der Waals surface area contributed by atoms with E-state index in [-0.39, 0.29) is 12.1 Å². The molecule has 0 saturated carbocycles. The number of nitrogens with one attached hydrogen (secondary N) is 1. The molecule has 98 valence electrons. The minimum absolute atomic E-state index is 0.103. The second kappa shape index (κ2) is 5.56. The average molecular weight is 247 g/mol. The van der Waals surface area contributed by atoms with Crippen LogP contribution in [-0.4, -0.2) is 63.6 Å². The van der Waals surface area contributed by atoms with E-state index in [2.05, 4.69) is 11.9 Å². The Morgan fingerprint density at radius 1 is 1.24 bits per heavy atom. The van der Waals surface area contributed by atoms with Gasteiger partial charge in [-0.1, -0.05) is 6.58 Å². The molecule has 1 rings (SSSR count). The summed E-state index contributed by atoms with van der Waals surface area (Å²) in [5.41, 5.74) is 0.288. The molecule has 7 nitrogen and oxygen atoms in total. The highest BCUT2D eigenvalue weighted by atomic mass is 16.6. The van der Waals surface area contributed by atoms with Crippen LogP contribution in [0.4, 0.5) is 0 Å². The molecule has 0 aliphatic carbocycles. The molecule has 1 aliphatic heterocycles. The molecule has 0 radical (unpaired) electrons. The Kier molecular flexibility index (Phi) is 4.61. The summed E-state index contributed by atoms with van der Waals surface area (Å²) in [6, 6.07) is 0. The van der Waals surface area contributed by atoms with E-state index in [9.17, 15) is 25.2 Å². The molecule has 5 atom stereocenters. The molecule has 0 aromatic rings. The third-order valence-corrected chi connectivity index (χ3v) is 2.54. The first-order valence-electron chi connectivity index (χ1n) is 5.16. The summed E-state index contributed by atoms with van der Waals surface area (Å²) in [4.78, 5) is 11.2. The summed E-state index contributed by atoms with van der Waals surface area (Å²) >= 11 is 0. The number of amides is 1. The van der Waals surface area contributed by atoms with Gasteiger partial charge < -0.3 is 30.5 Å². The topological polar surface area (TPSA) is 119 Å². The van der Waals surface area contributed by atoms with Gasteiger partial charge in [-0.15, -0.1) is 0 Å². The van der Waals surface area contributed by atoms with Gasteiger partial charge in [-0.3, -0.25) is 4.79 Å². The molecular weight excluding hydrogens is 230 g/mol. The van der Waals surface area contributed by atoms with E-state index in [1.165, 1.54) is 6.92 Å². The molecule has 1 heterocycles. The van der Waals surface area contributed by atoms with Crippen molar-refractivity contribution in [1.29, 1.82) is 0 Å². The van der Waals surface area contributed by atoms with Gasteiger partial charge in [0.1, 0.15) is 24.4 Å². The minimum atomic E-state index is -1.60. The molecule has 17 heavy (non-hydrogen) atoms. The van der Waals surface area contributed by atoms with E-state index >= 15 is 0 Å². The van der Waals surface area contributed by atoms with Crippen LogP contribution in [0.3, 0.4) is 0 Å². The van der Waals surface area contributed by atoms with Gasteiger partial charge in [0.15, 0.2) is 6.29 Å². The predicted molar refractivity (Wildman–Crippen MR) is 56.7 cm³/mol. The Morgan fingerprint density at radius 3 is 2.35 bits per heavy atom. The molecule has 1 aliphatic rings. The maximum absolute atomic E-state index is 11.2. The van der Waals surface area contributed by atoms with Crippen LogP contribution in [0.15, 0.2) is 12.2 Å². The van der Waals surface area contributed by atoms with Gasteiger partial charge in [0.25, 0.3) is 0 Å². The normalized spacial score (nSPS) is 37.6. The van der Waals surface area contributed by atoms with Crippen molar-refractivity contribution in [3.63, 3.8) is 0 Å². The SMILES string of the molecule is C=C(C)C(=O)NCC1OC(O)C(O)C(O)C1O. The van der Waals surface area contributed by atoms with Gasteiger partial charge in [-0.05, 0) is 6.92 Å². The third-order valence-electron chi connectivity index (χ3n) is 2.54. The summed E-state index contributed by atoms with van der Waals surface area (Å²) < 4.78 is 4.86. The molecule has 0 bridgehead atoms. The fourth-order valence-electron chi connectivity index (χ4n) is 1.44. The number of hydrogen-bond acceptors (Lipinski definition) is 6. The third kappa shape index (κ3) is 3.24. The van der Waals surface area contributed by atoms with Crippen molar-refractivity contribution in [1.82, 2.24) is 5.32 Å². The quantitative estimate of drug-likeness (QED) is 0.351. The number of aliphatic hydroxyl groups is 4. The van der Waals surface area contributed by atoms with Gasteiger partial charge in [-0.25, -0.2) is 0 Å². The molecule has 7 heteroatoms. The first-order chi connectivity index (χ1) is 7.84. The lowest BCUT2D eigenvalue weighted by molar-refractivity contribution is -0.280. The minimum Gasteiger partial charge on any atom is -0.388 e. The monoisotopic (exact) mass is 247 g/mol. The Hall–Kier alpha value is -0.990. The van der Waals surface area contributed by atoms with Gasteiger partial charge in [0, 0.05) is 12.1 Å². The van der Waals surface area contributed by atoms with Crippen molar-refractivity contribution in [3.8, 4) is 0 Å². The van der Waals surface area contributed by atoms with Gasteiger partial charge >= 0.3 is 0 Å². The molecule has 1 amide bonds. The van der Waals surface area contributed by atoms with E-state index in [4.69, 9.17) is 4.74 Å². The second-order valence-electron chi connectivity index (χ2n) is 4.03. The fraction of sp³-hybridized carbons (Fsp3) is 0.700. The van der Waals surface area contributed by atoms with E-state index in [1.54, 1.807) is 0 Å². The highest BCUT2D eigenvalue weighted by molar-refractivity contribution is 5.92. The van der Waals surface area contributed by atoms with Gasteiger partial charge in [0.05, 0.1) is 0 Å². The van der Waals surface area contributed by atoms with Crippen LogP contribution in [0.1, 0.15) is 6.92 Å². The van der Waals surface area contributed by atoms with E-state index in [1.807, 2.05) is 0 Å². The molecule has 0 aromatic carbocycles. The van der Waals surface area contributed by atoms with Crippen molar-refractivity contribution in [3.05, 3.63) is 12.2 Å². The number of aliphatic hydroxyl groups excluding tert-OH is 4. The summed E-state index contributed by atoms with van der Waals surface area (Å²) in [6.07, 6.45) is -7.07. The summed E-state index contributed by atoms with van der Waals surface area (Å²) in [7, 11) is 0. The molecular formula is C10H17NO6. The average Bonchev–Trinajstić information content (AvgIpc) is 2.28. The van der Waals surface area contributed by atoms with E-state index in [0.29, 0.717) is 0 Å². The van der Waals surface area contributed by atoms with Crippen LogP contribution in [0.5, 0.6) is 0 Å². The highest BCUT2D eigenvalue weighted by Crippen LogP contribution is 2.19. The van der Waals surface area contributed by atoms with E-state index in [0.717, 1.165) is 0 Å². The van der Waals surface area contributed by atoms with Crippen molar-refractivity contribution < 1.29 is 30.0 Å². The molecule has 1 fully saturated rings. The first kappa shape index (κ1) is 14.1. The summed E-state index contributed by atoms with van der Waals surface area (Å²) in [5, 5.41) is 39.8. The smallest absolute Gasteiger partial charge is 0.246 e. The van der Waals surface area contributed by atoms with Crippen molar-refractivity contribution in [2.45, 2.75) is 37.6 Å². The van der Waals surface area contributed by atoms with E-state index < -0.39 is 36.6 Å². The second-order valence-corrected chi connectivity index (χ2v) is 4.03. The number of carbonyl (C=O) groups excluding carboxylic acids is 1. The number of carbonyl (C=O) groups is 1. The van der Waals surface area contributed by atoms with Crippen LogP contribution < -0.4 is 5.32 Å². The Morgan fingerprint density at radius 2 is 1.82 bits per heavy atom. The maximum atomic E-state index is 11.2. The van der Waals surface area contributed by atoms with Gasteiger partial charge in [0.2, 0.25) is 5.91 Å². The molecule has 5 unspecified atom stereocenters. The zero-order chi connectivity index (χ0) is 13.2. The zero-order valence-electron chi connectivity index (χ0n) is 9.41. The highest BCUT2D eigenvalue weighted by Gasteiger charge is 2.42. The van der Waals surface area contributed by atoms with Crippen LogP contribution >= 0.6 is 0 Å². The zero-order valence-corrected chi connectivity index (χ0v) is 9.41. The molecule has 1 saturated heterocycles.